The summed E-state index contributed by atoms with van der Waals surface area (Å²) in [5.41, 5.74) is 0.176. The van der Waals surface area contributed by atoms with E-state index in [0.717, 1.165) is 0 Å². The zero-order valence-corrected chi connectivity index (χ0v) is 6.20. The summed E-state index contributed by atoms with van der Waals surface area (Å²) in [6.07, 6.45) is -4.00. The fraction of sp³-hybridized carbons (Fsp3) is 0.500. The van der Waals surface area contributed by atoms with Crippen LogP contribution < -0.4 is 0 Å². The Morgan fingerprint density at radius 2 is 1.55 bits per heavy atom. The number of rotatable bonds is 1. The van der Waals surface area contributed by atoms with Crippen LogP contribution in [0, 0.1) is 0 Å². The van der Waals surface area contributed by atoms with E-state index in [2.05, 4.69) is 6.58 Å². The van der Waals surface area contributed by atoms with E-state index in [1.165, 1.54) is 6.92 Å². The normalized spacial score (nSPS) is 9.55. The number of aliphatic carboxylic acids is 1. The van der Waals surface area contributed by atoms with Crippen molar-refractivity contribution in [3.8, 4) is 0 Å². The molecule has 0 spiro atoms. The Morgan fingerprint density at radius 1 is 1.45 bits per heavy atom. The van der Waals surface area contributed by atoms with Crippen LogP contribution >= 0.6 is 0 Å². The van der Waals surface area contributed by atoms with Gasteiger partial charge in [0.2, 0.25) is 0 Å². The molecule has 0 unspecified atom stereocenters. The lowest BCUT2D eigenvalue weighted by Crippen LogP contribution is -1.95. The molecule has 0 aliphatic rings. The third-order valence-electron chi connectivity index (χ3n) is 0.365. The maximum atomic E-state index is 10.4. The number of halogens is 3. The van der Waals surface area contributed by atoms with Gasteiger partial charge in [-0.25, -0.2) is 4.79 Å². The van der Waals surface area contributed by atoms with Gasteiger partial charge in [0.25, 0.3) is 0 Å². The molecule has 0 bridgehead atoms. The Kier molecular flexibility index (Phi) is 5.48. The topological polar surface area (TPSA) is 37.3 Å². The molecule has 5 heteroatoms. The van der Waals surface area contributed by atoms with Gasteiger partial charge >= 0.3 is 12.1 Å². The molecule has 0 saturated heterocycles. The molecule has 0 heterocycles. The van der Waals surface area contributed by atoms with Crippen molar-refractivity contribution in [2.24, 2.45) is 0 Å². The zero-order valence-electron chi connectivity index (χ0n) is 6.20. The number of alkyl halides is 3. The molecule has 1 N–H and O–H groups in total. The average Bonchev–Trinajstić information content (AvgIpc) is 1.59. The number of hydrogen-bond donors (Lipinski definition) is 1. The number of carboxylic acid groups (broad SMARTS) is 1. The summed E-state index contributed by atoms with van der Waals surface area (Å²) < 4.78 is 31.1. The maximum Gasteiger partial charge on any atom is 0.386 e. The second kappa shape index (κ2) is 4.76. The van der Waals surface area contributed by atoms with Gasteiger partial charge in [-0.3, -0.25) is 0 Å². The third-order valence-corrected chi connectivity index (χ3v) is 0.365. The summed E-state index contributed by atoms with van der Waals surface area (Å²) in [4.78, 5) is 9.60. The van der Waals surface area contributed by atoms with Crippen LogP contribution in [0.4, 0.5) is 13.2 Å². The fourth-order valence-electron chi connectivity index (χ4n) is 0. The molecular weight excluding hydrogens is 161 g/mol. The Morgan fingerprint density at radius 3 is 1.55 bits per heavy atom. The molecule has 0 atom stereocenters. The maximum absolute atomic E-state index is 10.4. The quantitative estimate of drug-likeness (QED) is 0.612. The lowest BCUT2D eigenvalue weighted by Gasteiger charge is -1.88. The van der Waals surface area contributed by atoms with Gasteiger partial charge in [-0.05, 0) is 6.92 Å². The van der Waals surface area contributed by atoms with E-state index < -0.39 is 12.1 Å². The summed E-state index contributed by atoms with van der Waals surface area (Å²) in [6, 6.07) is 0. The van der Waals surface area contributed by atoms with Crippen molar-refractivity contribution >= 4 is 5.97 Å². The molecule has 0 saturated carbocycles. The highest BCUT2D eigenvalue weighted by Gasteiger charge is 2.15. The average molecular weight is 170 g/mol. The fourth-order valence-corrected chi connectivity index (χ4v) is 0. The minimum absolute atomic E-state index is 0.176. The van der Waals surface area contributed by atoms with Crippen LogP contribution in [0.5, 0.6) is 0 Å². The van der Waals surface area contributed by atoms with Crippen LogP contribution in [0.25, 0.3) is 0 Å². The van der Waals surface area contributed by atoms with Crippen LogP contribution in [0.15, 0.2) is 12.2 Å². The van der Waals surface area contributed by atoms with Crippen molar-refractivity contribution in [2.75, 3.05) is 0 Å². The second-order valence-corrected chi connectivity index (χ2v) is 1.87. The highest BCUT2D eigenvalue weighted by Crippen LogP contribution is 2.10. The van der Waals surface area contributed by atoms with Crippen molar-refractivity contribution in [3.63, 3.8) is 0 Å². The predicted molar refractivity (Wildman–Crippen MR) is 34.2 cm³/mol. The minimum atomic E-state index is -4.00. The van der Waals surface area contributed by atoms with Crippen molar-refractivity contribution in [3.05, 3.63) is 12.2 Å². The highest BCUT2D eigenvalue weighted by molar-refractivity contribution is 5.84. The number of carbonyl (C=O) groups is 1. The molecule has 0 fully saturated rings. The van der Waals surface area contributed by atoms with Gasteiger partial charge in [0.1, 0.15) is 0 Å². The molecule has 66 valence electrons. The summed E-state index contributed by atoms with van der Waals surface area (Å²) in [5.74, 6) is -0.935. The Bertz CT molecular complexity index is 130. The smallest absolute Gasteiger partial charge is 0.386 e. The number of hydrogen-bond acceptors (Lipinski definition) is 1. The van der Waals surface area contributed by atoms with Gasteiger partial charge in [0.05, 0.1) is 0 Å². The van der Waals surface area contributed by atoms with Crippen molar-refractivity contribution in [2.45, 2.75) is 20.0 Å². The first-order valence-corrected chi connectivity index (χ1v) is 2.60. The summed E-state index contributed by atoms with van der Waals surface area (Å²) in [6.45, 7) is 4.79. The standard InChI is InChI=1S/C4H6O2.C2H3F3/c1-3(2)4(5)6;1-2(3,4)5/h1H2,2H3,(H,5,6);1H3. The second-order valence-electron chi connectivity index (χ2n) is 1.87. The first kappa shape index (κ1) is 12.7. The van der Waals surface area contributed by atoms with E-state index in [1.807, 2.05) is 0 Å². The van der Waals surface area contributed by atoms with Crippen LogP contribution in [-0.2, 0) is 4.79 Å². The molecule has 2 nitrogen and oxygen atoms in total. The third kappa shape index (κ3) is 49.0. The minimum Gasteiger partial charge on any atom is -0.478 e. The summed E-state index contributed by atoms with van der Waals surface area (Å²) in [5, 5.41) is 7.89. The lowest BCUT2D eigenvalue weighted by atomic mass is 10.4. The molecule has 0 aromatic rings. The van der Waals surface area contributed by atoms with Crippen molar-refractivity contribution in [1.29, 1.82) is 0 Å². The van der Waals surface area contributed by atoms with Crippen LogP contribution in [0.3, 0.4) is 0 Å². The van der Waals surface area contributed by atoms with Crippen LogP contribution in [0.2, 0.25) is 0 Å². The van der Waals surface area contributed by atoms with E-state index in [9.17, 15) is 18.0 Å². The molecule has 0 radical (unpaired) electrons. The zero-order chi connectivity index (χ0) is 9.65. The van der Waals surface area contributed by atoms with Crippen LogP contribution in [0.1, 0.15) is 13.8 Å². The van der Waals surface area contributed by atoms with E-state index in [1.54, 1.807) is 0 Å². The highest BCUT2D eigenvalue weighted by atomic mass is 19.4. The summed E-state index contributed by atoms with van der Waals surface area (Å²) >= 11 is 0. The van der Waals surface area contributed by atoms with Gasteiger partial charge in [-0.2, -0.15) is 13.2 Å². The Hall–Kier alpha value is -1.00. The van der Waals surface area contributed by atoms with Crippen molar-refractivity contribution in [1.82, 2.24) is 0 Å². The van der Waals surface area contributed by atoms with E-state index in [-0.39, 0.29) is 12.5 Å². The molecule has 0 amide bonds. The van der Waals surface area contributed by atoms with Crippen LogP contribution in [-0.4, -0.2) is 17.3 Å². The first-order valence-electron chi connectivity index (χ1n) is 2.60. The molecule has 0 aromatic carbocycles. The van der Waals surface area contributed by atoms with E-state index in [0.29, 0.717) is 0 Å². The van der Waals surface area contributed by atoms with Gasteiger partial charge < -0.3 is 5.11 Å². The molecular formula is C6H9F3O2. The largest absolute Gasteiger partial charge is 0.478 e. The summed E-state index contributed by atoms with van der Waals surface area (Å²) in [7, 11) is 0. The first-order chi connectivity index (χ1) is 4.64. The Labute approximate surface area is 62.3 Å². The molecule has 0 aliphatic heterocycles. The predicted octanol–water partition coefficient (Wildman–Crippen LogP) is 2.22. The molecule has 0 rings (SSSR count). The number of carboxylic acids is 1. The van der Waals surface area contributed by atoms with Gasteiger partial charge in [-0.15, -0.1) is 0 Å². The Balaban J connectivity index is 0. The van der Waals surface area contributed by atoms with Gasteiger partial charge in [0, 0.05) is 12.5 Å². The van der Waals surface area contributed by atoms with Gasteiger partial charge in [-0.1, -0.05) is 6.58 Å². The van der Waals surface area contributed by atoms with Crippen molar-refractivity contribution < 1.29 is 23.1 Å². The SMILES string of the molecule is C=C(C)C(=O)O.CC(F)(F)F. The monoisotopic (exact) mass is 170 g/mol. The lowest BCUT2D eigenvalue weighted by molar-refractivity contribution is -0.132. The molecule has 0 aromatic heterocycles. The molecule has 11 heavy (non-hydrogen) atoms. The van der Waals surface area contributed by atoms with Gasteiger partial charge in [0.15, 0.2) is 0 Å². The van der Waals surface area contributed by atoms with E-state index >= 15 is 0 Å². The molecule has 0 aliphatic carbocycles. The van der Waals surface area contributed by atoms with E-state index in [4.69, 9.17) is 5.11 Å².